The van der Waals surface area contributed by atoms with Gasteiger partial charge in [0.15, 0.2) is 0 Å². The van der Waals surface area contributed by atoms with Gasteiger partial charge in [-0.05, 0) is 67.5 Å². The Kier molecular flexibility index (Phi) is 8.34. The van der Waals surface area contributed by atoms with Gasteiger partial charge in [0, 0.05) is 10.7 Å². The lowest BCUT2D eigenvalue weighted by Gasteiger charge is -2.36. The van der Waals surface area contributed by atoms with Crippen LogP contribution in [0.2, 0.25) is 5.02 Å². The van der Waals surface area contributed by atoms with Crippen LogP contribution in [0, 0.1) is 0 Å². The van der Waals surface area contributed by atoms with Gasteiger partial charge in [-0.3, -0.25) is 4.90 Å². The Morgan fingerprint density at radius 1 is 0.974 bits per heavy atom. The van der Waals surface area contributed by atoms with E-state index in [4.69, 9.17) is 21.1 Å². The van der Waals surface area contributed by atoms with Crippen molar-refractivity contribution in [1.29, 1.82) is 0 Å². The van der Waals surface area contributed by atoms with Crippen LogP contribution in [-0.2, 0) is 20.7 Å². The van der Waals surface area contributed by atoms with E-state index in [9.17, 15) is 9.59 Å². The van der Waals surface area contributed by atoms with Crippen LogP contribution in [0.4, 0.5) is 4.79 Å². The molecule has 0 saturated carbocycles. The molecular formula is C32H33ClN2O4. The van der Waals surface area contributed by atoms with Gasteiger partial charge in [0.2, 0.25) is 0 Å². The normalized spacial score (nSPS) is 21.2. The predicted octanol–water partition coefficient (Wildman–Crippen LogP) is 6.70. The van der Waals surface area contributed by atoms with Crippen molar-refractivity contribution in [2.45, 2.75) is 51.4 Å². The number of carbonyl (C=O) groups excluding carboxylic acids is 2. The highest BCUT2D eigenvalue weighted by Crippen LogP contribution is 2.33. The molecule has 39 heavy (non-hydrogen) atoms. The number of nitrogens with zero attached hydrogens (tertiary/aromatic N) is 1. The summed E-state index contributed by atoms with van der Waals surface area (Å²) in [6, 6.07) is 25.2. The van der Waals surface area contributed by atoms with Crippen LogP contribution in [0.15, 0.2) is 90.1 Å². The van der Waals surface area contributed by atoms with Gasteiger partial charge >= 0.3 is 12.0 Å². The van der Waals surface area contributed by atoms with Gasteiger partial charge in [-0.25, -0.2) is 9.59 Å². The molecule has 3 atom stereocenters. The second kappa shape index (κ2) is 12.1. The molecule has 202 valence electrons. The average molecular weight is 545 g/mol. The first-order valence-electron chi connectivity index (χ1n) is 13.4. The Morgan fingerprint density at radius 3 is 2.33 bits per heavy atom. The van der Waals surface area contributed by atoms with Gasteiger partial charge in [-0.15, -0.1) is 0 Å². The number of hydrogen-bond acceptors (Lipinski definition) is 4. The lowest BCUT2D eigenvalue weighted by atomic mass is 9.94. The van der Waals surface area contributed by atoms with Crippen LogP contribution < -0.4 is 5.32 Å². The Balaban J connectivity index is 1.27. The van der Waals surface area contributed by atoms with Crippen molar-refractivity contribution < 1.29 is 19.1 Å². The topological polar surface area (TPSA) is 67.9 Å². The third-order valence-corrected chi connectivity index (χ3v) is 7.65. The molecule has 1 saturated heterocycles. The summed E-state index contributed by atoms with van der Waals surface area (Å²) < 4.78 is 11.7. The minimum absolute atomic E-state index is 0.0843. The lowest BCUT2D eigenvalue weighted by Crippen LogP contribution is -2.50. The molecule has 2 heterocycles. The van der Waals surface area contributed by atoms with E-state index in [0.29, 0.717) is 22.8 Å². The summed E-state index contributed by atoms with van der Waals surface area (Å²) in [5, 5.41) is 3.58. The van der Waals surface area contributed by atoms with Crippen molar-refractivity contribution in [1.82, 2.24) is 10.2 Å². The number of nitrogens with one attached hydrogen (secondary N) is 1. The second-order valence-corrected chi connectivity index (χ2v) is 10.4. The molecular weight excluding hydrogens is 512 g/mol. The van der Waals surface area contributed by atoms with Crippen LogP contribution >= 0.6 is 11.6 Å². The Labute approximate surface area is 234 Å². The van der Waals surface area contributed by atoms with Crippen molar-refractivity contribution in [2.24, 2.45) is 0 Å². The summed E-state index contributed by atoms with van der Waals surface area (Å²) in [5.41, 5.74) is 5.39. The lowest BCUT2D eigenvalue weighted by molar-refractivity contribution is -0.139. The summed E-state index contributed by atoms with van der Waals surface area (Å²) in [5.74, 6) is -0.441. The number of esters is 1. The Morgan fingerprint density at radius 2 is 1.64 bits per heavy atom. The van der Waals surface area contributed by atoms with Crippen LogP contribution in [0.1, 0.15) is 43.9 Å². The Bertz CT molecular complexity index is 1340. The number of amides is 2. The molecule has 0 bridgehead atoms. The molecule has 7 heteroatoms. The van der Waals surface area contributed by atoms with Crippen molar-refractivity contribution >= 4 is 23.6 Å². The van der Waals surface area contributed by atoms with E-state index in [1.807, 2.05) is 30.3 Å². The number of urea groups is 1. The van der Waals surface area contributed by atoms with Gasteiger partial charge < -0.3 is 14.8 Å². The molecule has 0 radical (unpaired) electrons. The molecule has 3 aromatic carbocycles. The van der Waals surface area contributed by atoms with Crippen LogP contribution in [-0.4, -0.2) is 42.3 Å². The number of hydrogen-bond donors (Lipinski definition) is 1. The standard InChI is InChI=1S/C32H33ClN2O4/c1-3-38-31(36)29-21(2)35(32(37)34-30(29)25-13-15-26(33)16-14-25)20-28-18-17-27(39-28)19-22-9-11-24(12-10-22)23-7-5-4-6-8-23/h4-16,27-28,30H,3,17-20H2,1-2H3,(H,34,37)/t27-,28-,30?/m0/s1. The highest BCUT2D eigenvalue weighted by molar-refractivity contribution is 6.30. The SMILES string of the molecule is CCOC(=O)C1=C(C)N(C[C@@H]2CC[C@@H](Cc3ccc(-c4ccccc4)cc3)O2)C(=O)NC1c1ccc(Cl)cc1. The zero-order valence-corrected chi connectivity index (χ0v) is 23.0. The smallest absolute Gasteiger partial charge is 0.338 e. The number of rotatable bonds is 8. The monoisotopic (exact) mass is 544 g/mol. The highest BCUT2D eigenvalue weighted by Gasteiger charge is 2.38. The average Bonchev–Trinajstić information content (AvgIpc) is 3.39. The maximum Gasteiger partial charge on any atom is 0.338 e. The van der Waals surface area contributed by atoms with E-state index in [0.717, 1.165) is 24.8 Å². The quantitative estimate of drug-likeness (QED) is 0.320. The molecule has 2 aliphatic rings. The molecule has 5 rings (SSSR count). The molecule has 0 spiro atoms. The van der Waals surface area contributed by atoms with Crippen LogP contribution in [0.5, 0.6) is 0 Å². The van der Waals surface area contributed by atoms with Crippen molar-refractivity contribution in [3.63, 3.8) is 0 Å². The minimum Gasteiger partial charge on any atom is -0.463 e. The molecule has 0 aromatic heterocycles. The van der Waals surface area contributed by atoms with Gasteiger partial charge in [0.05, 0.1) is 37.0 Å². The molecule has 2 aliphatic heterocycles. The van der Waals surface area contributed by atoms with Gasteiger partial charge in [0.1, 0.15) is 0 Å². The highest BCUT2D eigenvalue weighted by atomic mass is 35.5. The Hall–Kier alpha value is -3.61. The number of ether oxygens (including phenoxy) is 2. The fraction of sp³-hybridized carbons (Fsp3) is 0.312. The summed E-state index contributed by atoms with van der Waals surface area (Å²) in [7, 11) is 0. The first-order valence-corrected chi connectivity index (χ1v) is 13.8. The second-order valence-electron chi connectivity index (χ2n) is 9.99. The third-order valence-electron chi connectivity index (χ3n) is 7.40. The van der Waals surface area contributed by atoms with Crippen molar-refractivity contribution in [3.8, 4) is 11.1 Å². The first-order chi connectivity index (χ1) is 18.9. The first kappa shape index (κ1) is 27.0. The largest absolute Gasteiger partial charge is 0.463 e. The summed E-state index contributed by atoms with van der Waals surface area (Å²) in [6.07, 6.45) is 2.55. The van der Waals surface area contributed by atoms with Gasteiger partial charge in [-0.2, -0.15) is 0 Å². The van der Waals surface area contributed by atoms with Crippen molar-refractivity contribution in [3.05, 3.63) is 106 Å². The fourth-order valence-corrected chi connectivity index (χ4v) is 5.50. The maximum atomic E-state index is 13.2. The summed E-state index contributed by atoms with van der Waals surface area (Å²) >= 11 is 6.06. The molecule has 6 nitrogen and oxygen atoms in total. The van der Waals surface area contributed by atoms with E-state index in [2.05, 4.69) is 41.7 Å². The van der Waals surface area contributed by atoms with Crippen LogP contribution in [0.25, 0.3) is 11.1 Å². The molecule has 1 unspecified atom stereocenters. The number of allylic oxidation sites excluding steroid dienone is 1. The van der Waals surface area contributed by atoms with Crippen LogP contribution in [0.3, 0.4) is 0 Å². The van der Waals surface area contributed by atoms with Crippen molar-refractivity contribution in [2.75, 3.05) is 13.2 Å². The van der Waals surface area contributed by atoms with E-state index in [1.54, 1.807) is 30.9 Å². The summed E-state index contributed by atoms with van der Waals surface area (Å²) in [6.45, 7) is 4.19. The van der Waals surface area contributed by atoms with E-state index >= 15 is 0 Å². The summed E-state index contributed by atoms with van der Waals surface area (Å²) in [4.78, 5) is 27.9. The molecule has 1 N–H and O–H groups in total. The zero-order chi connectivity index (χ0) is 27.4. The molecule has 3 aromatic rings. The van der Waals surface area contributed by atoms with Gasteiger partial charge in [0.25, 0.3) is 0 Å². The van der Waals surface area contributed by atoms with E-state index in [1.165, 1.54) is 16.7 Å². The zero-order valence-electron chi connectivity index (χ0n) is 22.2. The maximum absolute atomic E-state index is 13.2. The fourth-order valence-electron chi connectivity index (χ4n) is 5.37. The number of halogens is 1. The van der Waals surface area contributed by atoms with E-state index < -0.39 is 12.0 Å². The predicted molar refractivity (Wildman–Crippen MR) is 152 cm³/mol. The number of carbonyl (C=O) groups is 2. The third kappa shape index (κ3) is 6.18. The molecule has 0 aliphatic carbocycles. The number of benzene rings is 3. The molecule has 1 fully saturated rings. The van der Waals surface area contributed by atoms with E-state index in [-0.39, 0.29) is 24.8 Å². The van der Waals surface area contributed by atoms with Gasteiger partial charge in [-0.1, -0.05) is 78.3 Å². The molecule has 2 amide bonds. The minimum atomic E-state index is -0.610.